The first-order valence-corrected chi connectivity index (χ1v) is 6.77. The van der Waals surface area contributed by atoms with Gasteiger partial charge in [0.15, 0.2) is 5.11 Å². The van der Waals surface area contributed by atoms with Crippen LogP contribution in [-0.2, 0) is 4.79 Å². The van der Waals surface area contributed by atoms with Crippen LogP contribution in [0.25, 0.3) is 0 Å². The van der Waals surface area contributed by atoms with Crippen LogP contribution < -0.4 is 15.4 Å². The maximum Gasteiger partial charge on any atom is 0.170 e. The Balaban J connectivity index is 2.25. The molecule has 1 rings (SSSR count). The molecule has 19 heavy (non-hydrogen) atoms. The van der Waals surface area contributed by atoms with Crippen LogP contribution in [0.5, 0.6) is 5.75 Å². The molecule has 0 heterocycles. The lowest BCUT2D eigenvalue weighted by atomic mass is 10.2. The Hall–Kier alpha value is -1.62. The maximum atomic E-state index is 11.1. The molecule has 2 N–H and O–H groups in total. The first-order chi connectivity index (χ1) is 9.15. The van der Waals surface area contributed by atoms with Crippen molar-refractivity contribution < 1.29 is 9.53 Å². The molecular formula is C14H20N2O2S. The average molecular weight is 280 g/mol. The highest BCUT2D eigenvalue weighted by Crippen LogP contribution is 2.14. The molecule has 104 valence electrons. The normalized spacial score (nSPS) is 9.79. The van der Waals surface area contributed by atoms with Crippen molar-refractivity contribution >= 4 is 28.8 Å². The summed E-state index contributed by atoms with van der Waals surface area (Å²) < 4.78 is 5.08. The summed E-state index contributed by atoms with van der Waals surface area (Å²) in [6.07, 6.45) is 2.01. The Labute approximate surface area is 119 Å². The van der Waals surface area contributed by atoms with Crippen LogP contribution in [0.3, 0.4) is 0 Å². The van der Waals surface area contributed by atoms with Gasteiger partial charge in [-0.3, -0.25) is 4.79 Å². The minimum absolute atomic E-state index is 0.288. The van der Waals surface area contributed by atoms with Gasteiger partial charge in [0.1, 0.15) is 11.5 Å². The number of benzene rings is 1. The van der Waals surface area contributed by atoms with Gasteiger partial charge in [0.05, 0.1) is 7.11 Å². The third-order valence-corrected chi connectivity index (χ3v) is 2.91. The summed E-state index contributed by atoms with van der Waals surface area (Å²) in [6, 6.07) is 7.52. The third-order valence-electron chi connectivity index (χ3n) is 2.66. The minimum Gasteiger partial charge on any atom is -0.497 e. The molecule has 0 bridgehead atoms. The number of rotatable bonds is 7. The first kappa shape index (κ1) is 15.4. The van der Waals surface area contributed by atoms with E-state index in [4.69, 9.17) is 17.0 Å². The Morgan fingerprint density at radius 2 is 2.00 bits per heavy atom. The second-order valence-corrected chi connectivity index (χ2v) is 4.51. The number of methoxy groups -OCH3 is 1. The van der Waals surface area contributed by atoms with Crippen molar-refractivity contribution in [2.75, 3.05) is 19.0 Å². The van der Waals surface area contributed by atoms with E-state index in [9.17, 15) is 4.79 Å². The lowest BCUT2D eigenvalue weighted by molar-refractivity contribution is -0.118. The number of hydrogen-bond acceptors (Lipinski definition) is 3. The average Bonchev–Trinajstić information content (AvgIpc) is 2.44. The fraction of sp³-hybridized carbons (Fsp3) is 0.429. The van der Waals surface area contributed by atoms with E-state index in [2.05, 4.69) is 10.6 Å². The third kappa shape index (κ3) is 6.20. The number of thiocarbonyl (C=S) groups is 1. The smallest absolute Gasteiger partial charge is 0.170 e. The van der Waals surface area contributed by atoms with Gasteiger partial charge in [0, 0.05) is 25.1 Å². The molecule has 0 saturated heterocycles. The molecule has 0 aliphatic heterocycles. The molecule has 0 aliphatic carbocycles. The Bertz CT molecular complexity index is 418. The van der Waals surface area contributed by atoms with Crippen molar-refractivity contribution in [2.24, 2.45) is 0 Å². The summed E-state index contributed by atoms with van der Waals surface area (Å²) in [5.74, 6) is 1.10. The number of ether oxygens (including phenoxy) is 1. The summed E-state index contributed by atoms with van der Waals surface area (Å²) in [4.78, 5) is 11.1. The highest BCUT2D eigenvalue weighted by Gasteiger charge is 2.00. The Kier molecular flexibility index (Phi) is 6.89. The molecule has 0 spiro atoms. The van der Waals surface area contributed by atoms with Crippen LogP contribution in [0, 0.1) is 0 Å². The summed E-state index contributed by atoms with van der Waals surface area (Å²) in [5.41, 5.74) is 0.905. The van der Waals surface area contributed by atoms with Crippen molar-refractivity contribution in [3.05, 3.63) is 24.3 Å². The highest BCUT2D eigenvalue weighted by molar-refractivity contribution is 7.80. The predicted octanol–water partition coefficient (Wildman–Crippen LogP) is 2.74. The van der Waals surface area contributed by atoms with Gasteiger partial charge in [-0.05, 0) is 42.9 Å². The molecule has 5 heteroatoms. The maximum absolute atomic E-state index is 11.1. The van der Waals surface area contributed by atoms with E-state index in [1.165, 1.54) is 0 Å². The van der Waals surface area contributed by atoms with E-state index in [1.807, 2.05) is 31.2 Å². The van der Waals surface area contributed by atoms with Crippen LogP contribution in [0.2, 0.25) is 0 Å². The first-order valence-electron chi connectivity index (χ1n) is 6.36. The SMILES string of the molecule is CCC(=O)CCCNC(=S)Nc1ccc(OC)cc1. The standard InChI is InChI=1S/C14H20N2O2S/c1-3-12(17)5-4-10-15-14(19)16-11-6-8-13(18-2)9-7-11/h6-9H,3-5,10H2,1-2H3,(H2,15,16,19). The van der Waals surface area contributed by atoms with E-state index in [0.29, 0.717) is 24.5 Å². The number of anilines is 1. The lowest BCUT2D eigenvalue weighted by Crippen LogP contribution is -2.29. The van der Waals surface area contributed by atoms with E-state index in [-0.39, 0.29) is 5.78 Å². The monoisotopic (exact) mass is 280 g/mol. The molecule has 0 atom stereocenters. The number of hydrogen-bond donors (Lipinski definition) is 2. The second-order valence-electron chi connectivity index (χ2n) is 4.11. The Morgan fingerprint density at radius 1 is 1.32 bits per heavy atom. The molecule has 4 nitrogen and oxygen atoms in total. The Morgan fingerprint density at radius 3 is 2.58 bits per heavy atom. The molecule has 1 aromatic carbocycles. The number of carbonyl (C=O) groups is 1. The lowest BCUT2D eigenvalue weighted by Gasteiger charge is -2.10. The van der Waals surface area contributed by atoms with Gasteiger partial charge in [-0.2, -0.15) is 0 Å². The van der Waals surface area contributed by atoms with Crippen molar-refractivity contribution in [1.82, 2.24) is 5.32 Å². The minimum atomic E-state index is 0.288. The molecular weight excluding hydrogens is 260 g/mol. The number of carbonyl (C=O) groups excluding carboxylic acids is 1. The molecule has 1 aromatic rings. The van der Waals surface area contributed by atoms with Crippen molar-refractivity contribution in [3.63, 3.8) is 0 Å². The highest BCUT2D eigenvalue weighted by atomic mass is 32.1. The number of ketones is 1. The molecule has 0 aromatic heterocycles. The van der Waals surface area contributed by atoms with Gasteiger partial charge in [-0.1, -0.05) is 6.92 Å². The quantitative estimate of drug-likeness (QED) is 0.594. The molecule has 0 radical (unpaired) electrons. The fourth-order valence-electron chi connectivity index (χ4n) is 1.51. The van der Waals surface area contributed by atoms with E-state index in [0.717, 1.165) is 17.9 Å². The van der Waals surface area contributed by atoms with Crippen molar-refractivity contribution in [1.29, 1.82) is 0 Å². The molecule has 0 fully saturated rings. The zero-order valence-corrected chi connectivity index (χ0v) is 12.2. The molecule has 0 aliphatic rings. The zero-order chi connectivity index (χ0) is 14.1. The van der Waals surface area contributed by atoms with Crippen LogP contribution in [-0.4, -0.2) is 24.6 Å². The second kappa shape index (κ2) is 8.48. The topological polar surface area (TPSA) is 50.4 Å². The summed E-state index contributed by atoms with van der Waals surface area (Å²) in [5, 5.41) is 6.72. The van der Waals surface area contributed by atoms with E-state index >= 15 is 0 Å². The van der Waals surface area contributed by atoms with Crippen LogP contribution in [0.4, 0.5) is 5.69 Å². The summed E-state index contributed by atoms with van der Waals surface area (Å²) in [7, 11) is 1.63. The van der Waals surface area contributed by atoms with Gasteiger partial charge in [0.2, 0.25) is 0 Å². The van der Waals surface area contributed by atoms with Gasteiger partial charge in [0.25, 0.3) is 0 Å². The molecule has 0 saturated carbocycles. The van der Waals surface area contributed by atoms with E-state index in [1.54, 1.807) is 7.11 Å². The summed E-state index contributed by atoms with van der Waals surface area (Å²) >= 11 is 5.17. The predicted molar refractivity (Wildman–Crippen MR) is 81.7 cm³/mol. The van der Waals surface area contributed by atoms with Gasteiger partial charge < -0.3 is 15.4 Å². The van der Waals surface area contributed by atoms with E-state index < -0.39 is 0 Å². The van der Waals surface area contributed by atoms with Gasteiger partial charge in [-0.25, -0.2) is 0 Å². The number of nitrogens with one attached hydrogen (secondary N) is 2. The van der Waals surface area contributed by atoms with Gasteiger partial charge >= 0.3 is 0 Å². The number of Topliss-reactive ketones (excluding diaryl/α,β-unsaturated/α-hetero) is 1. The van der Waals surface area contributed by atoms with Crippen LogP contribution in [0.15, 0.2) is 24.3 Å². The molecule has 0 unspecified atom stereocenters. The zero-order valence-electron chi connectivity index (χ0n) is 11.4. The fourth-order valence-corrected chi connectivity index (χ4v) is 1.73. The van der Waals surface area contributed by atoms with Crippen LogP contribution >= 0.6 is 12.2 Å². The van der Waals surface area contributed by atoms with Crippen molar-refractivity contribution in [3.8, 4) is 5.75 Å². The summed E-state index contributed by atoms with van der Waals surface area (Å²) in [6.45, 7) is 2.58. The molecule has 0 amide bonds. The van der Waals surface area contributed by atoms with Crippen molar-refractivity contribution in [2.45, 2.75) is 26.2 Å². The largest absolute Gasteiger partial charge is 0.497 e. The van der Waals surface area contributed by atoms with Gasteiger partial charge in [-0.15, -0.1) is 0 Å². The van der Waals surface area contributed by atoms with Crippen LogP contribution in [0.1, 0.15) is 26.2 Å².